The van der Waals surface area contributed by atoms with Gasteiger partial charge in [-0.15, -0.1) is 0 Å². The van der Waals surface area contributed by atoms with E-state index in [1.807, 2.05) is 6.92 Å². The number of nitrogens with two attached hydrogens (primary N) is 1. The van der Waals surface area contributed by atoms with Gasteiger partial charge in [0.2, 0.25) is 23.6 Å². The van der Waals surface area contributed by atoms with Crippen molar-refractivity contribution in [3.05, 3.63) is 58.1 Å². The van der Waals surface area contributed by atoms with Crippen molar-refractivity contribution >= 4 is 40.9 Å². The highest BCUT2D eigenvalue weighted by atomic mass is 35.5. The van der Waals surface area contributed by atoms with Crippen LogP contribution in [0.25, 0.3) is 0 Å². The molecular formula is C25H25ClN4O5. The first kappa shape index (κ1) is 23.3. The van der Waals surface area contributed by atoms with Gasteiger partial charge in [-0.2, -0.15) is 0 Å². The first-order valence-corrected chi connectivity index (χ1v) is 11.7. The number of rotatable bonds is 6. The van der Waals surface area contributed by atoms with Gasteiger partial charge in [0, 0.05) is 28.7 Å². The fourth-order valence-electron chi connectivity index (χ4n) is 5.71. The lowest BCUT2D eigenvalue weighted by Crippen LogP contribution is -2.53. The summed E-state index contributed by atoms with van der Waals surface area (Å²) in [5.74, 6) is -2.90. The lowest BCUT2D eigenvalue weighted by atomic mass is 9.76. The first-order chi connectivity index (χ1) is 16.7. The van der Waals surface area contributed by atoms with Crippen LogP contribution in [0, 0.1) is 18.8 Å². The lowest BCUT2D eigenvalue weighted by Gasteiger charge is -2.29. The zero-order valence-electron chi connectivity index (χ0n) is 19.3. The molecule has 2 fully saturated rings. The second-order valence-electron chi connectivity index (χ2n) is 9.28. The molecule has 0 aliphatic carbocycles. The number of carbonyl (C=O) groups is 4. The van der Waals surface area contributed by atoms with Crippen molar-refractivity contribution < 1.29 is 23.9 Å². The Morgan fingerprint density at radius 1 is 1.17 bits per heavy atom. The van der Waals surface area contributed by atoms with Gasteiger partial charge in [0.1, 0.15) is 11.3 Å². The monoisotopic (exact) mass is 496 g/mol. The molecule has 3 heterocycles. The molecule has 1 spiro atoms. The molecule has 0 unspecified atom stereocenters. The van der Waals surface area contributed by atoms with Crippen LogP contribution in [-0.2, 0) is 31.3 Å². The number of likely N-dealkylation sites (tertiary alicyclic amines) is 1. The van der Waals surface area contributed by atoms with Gasteiger partial charge < -0.3 is 15.8 Å². The normalized spacial score (nSPS) is 26.8. The van der Waals surface area contributed by atoms with Crippen LogP contribution in [0.1, 0.15) is 29.5 Å². The summed E-state index contributed by atoms with van der Waals surface area (Å²) in [6.45, 7) is 1.88. The SMILES string of the molecule is COc1ccc(CN2C(=O)[C@H]3[C@@H](C2=O)[C@@]2(N[C@@H]3CCC(N)=O)C(=O)Nc3c(C)cc(Cl)cc32)cc1. The quantitative estimate of drug-likeness (QED) is 0.523. The highest BCUT2D eigenvalue weighted by Crippen LogP contribution is 2.54. The predicted molar refractivity (Wildman–Crippen MR) is 127 cm³/mol. The number of benzene rings is 2. The van der Waals surface area contributed by atoms with Crippen LogP contribution in [0.4, 0.5) is 5.69 Å². The lowest BCUT2D eigenvalue weighted by molar-refractivity contribution is -0.143. The van der Waals surface area contributed by atoms with E-state index < -0.39 is 41.1 Å². The summed E-state index contributed by atoms with van der Waals surface area (Å²) in [4.78, 5) is 53.7. The van der Waals surface area contributed by atoms with Gasteiger partial charge in [0.15, 0.2) is 0 Å². The minimum absolute atomic E-state index is 0.0139. The van der Waals surface area contributed by atoms with Crippen LogP contribution in [-0.4, -0.2) is 41.7 Å². The number of imide groups is 1. The number of carbonyl (C=O) groups excluding carboxylic acids is 4. The summed E-state index contributed by atoms with van der Waals surface area (Å²) in [7, 11) is 1.56. The number of halogens is 1. The summed E-state index contributed by atoms with van der Waals surface area (Å²) in [5, 5.41) is 6.59. The first-order valence-electron chi connectivity index (χ1n) is 11.3. The van der Waals surface area contributed by atoms with Gasteiger partial charge in [0.25, 0.3) is 0 Å². The molecule has 2 aromatic rings. The third kappa shape index (κ3) is 3.49. The van der Waals surface area contributed by atoms with E-state index in [4.69, 9.17) is 22.1 Å². The molecule has 35 heavy (non-hydrogen) atoms. The van der Waals surface area contributed by atoms with E-state index in [9.17, 15) is 19.2 Å². The van der Waals surface area contributed by atoms with Crippen LogP contribution in [0.2, 0.25) is 5.02 Å². The minimum Gasteiger partial charge on any atom is -0.497 e. The number of nitrogens with zero attached hydrogens (tertiary/aromatic N) is 1. The molecular weight excluding hydrogens is 472 g/mol. The number of hydrogen-bond donors (Lipinski definition) is 3. The molecule has 0 bridgehead atoms. The molecule has 0 radical (unpaired) electrons. The van der Waals surface area contributed by atoms with Gasteiger partial charge in [-0.1, -0.05) is 23.7 Å². The molecule has 4 amide bonds. The average Bonchev–Trinajstić information content (AvgIpc) is 3.39. The number of fused-ring (bicyclic) bond motifs is 4. The van der Waals surface area contributed by atoms with E-state index in [1.165, 1.54) is 4.90 Å². The van der Waals surface area contributed by atoms with Crippen LogP contribution in [0.15, 0.2) is 36.4 Å². The predicted octanol–water partition coefficient (Wildman–Crippen LogP) is 1.84. The van der Waals surface area contributed by atoms with Crippen molar-refractivity contribution in [3.8, 4) is 5.75 Å². The Morgan fingerprint density at radius 2 is 1.89 bits per heavy atom. The zero-order valence-corrected chi connectivity index (χ0v) is 20.0. The Balaban J connectivity index is 1.58. The number of amides is 4. The van der Waals surface area contributed by atoms with E-state index in [0.717, 1.165) is 11.1 Å². The molecule has 0 aromatic heterocycles. The van der Waals surface area contributed by atoms with E-state index in [1.54, 1.807) is 43.5 Å². The van der Waals surface area contributed by atoms with E-state index in [2.05, 4.69) is 10.6 Å². The van der Waals surface area contributed by atoms with Crippen LogP contribution in [0.3, 0.4) is 0 Å². The highest BCUT2D eigenvalue weighted by Gasteiger charge is 2.70. The molecule has 2 aromatic carbocycles. The van der Waals surface area contributed by atoms with Gasteiger partial charge in [-0.05, 0) is 48.7 Å². The maximum atomic E-state index is 13.8. The van der Waals surface area contributed by atoms with Crippen molar-refractivity contribution in [2.24, 2.45) is 17.6 Å². The van der Waals surface area contributed by atoms with Crippen molar-refractivity contribution in [1.29, 1.82) is 0 Å². The molecule has 9 nitrogen and oxygen atoms in total. The molecule has 5 rings (SSSR count). The van der Waals surface area contributed by atoms with Gasteiger partial charge in [-0.3, -0.25) is 29.4 Å². The molecule has 3 aliphatic heterocycles. The number of primary amides is 1. The second kappa shape index (κ2) is 8.35. The Morgan fingerprint density at radius 3 is 2.54 bits per heavy atom. The third-order valence-electron chi connectivity index (χ3n) is 7.28. The van der Waals surface area contributed by atoms with Crippen molar-refractivity contribution in [2.75, 3.05) is 12.4 Å². The summed E-state index contributed by atoms with van der Waals surface area (Å²) in [5.41, 5.74) is 6.52. The fraction of sp³-hybridized carbons (Fsp3) is 0.360. The van der Waals surface area contributed by atoms with Crippen LogP contribution < -0.4 is 21.1 Å². The standard InChI is InChI=1S/C25H25ClN4O5/c1-12-9-14(26)10-16-21(12)28-24(34)25(16)20-19(17(29-25)7-8-18(27)31)22(32)30(23(20)33)11-13-3-5-15(35-2)6-4-13/h3-6,9-10,17,19-20,29H,7-8,11H2,1-2H3,(H2,27,31)(H,28,34)/t17-,19-,20+,25-/m1/s1. The Labute approximate surface area is 206 Å². The molecule has 3 aliphatic rings. The molecule has 4 N–H and O–H groups in total. The number of ether oxygens (including phenoxy) is 1. The Kier molecular flexibility index (Phi) is 5.56. The van der Waals surface area contributed by atoms with Crippen molar-refractivity contribution in [2.45, 2.75) is 37.9 Å². The van der Waals surface area contributed by atoms with Crippen molar-refractivity contribution in [1.82, 2.24) is 10.2 Å². The fourth-order valence-corrected chi connectivity index (χ4v) is 5.98. The van der Waals surface area contributed by atoms with Crippen molar-refractivity contribution in [3.63, 3.8) is 0 Å². The van der Waals surface area contributed by atoms with Crippen LogP contribution in [0.5, 0.6) is 5.75 Å². The van der Waals surface area contributed by atoms with E-state index in [0.29, 0.717) is 22.0 Å². The van der Waals surface area contributed by atoms with Gasteiger partial charge >= 0.3 is 0 Å². The summed E-state index contributed by atoms with van der Waals surface area (Å²) in [6, 6.07) is 9.87. The average molecular weight is 497 g/mol. The van der Waals surface area contributed by atoms with Gasteiger partial charge in [0.05, 0.1) is 25.5 Å². The van der Waals surface area contributed by atoms with E-state index in [-0.39, 0.29) is 25.3 Å². The summed E-state index contributed by atoms with van der Waals surface area (Å²) in [6.07, 6.45) is 0.232. The molecule has 10 heteroatoms. The number of anilines is 1. The largest absolute Gasteiger partial charge is 0.497 e. The molecule has 182 valence electrons. The van der Waals surface area contributed by atoms with Crippen LogP contribution >= 0.6 is 11.6 Å². The molecule has 0 saturated carbocycles. The third-order valence-corrected chi connectivity index (χ3v) is 7.50. The second-order valence-corrected chi connectivity index (χ2v) is 9.71. The topological polar surface area (TPSA) is 131 Å². The zero-order chi connectivity index (χ0) is 25.1. The number of hydrogen-bond acceptors (Lipinski definition) is 6. The van der Waals surface area contributed by atoms with E-state index >= 15 is 0 Å². The Bertz CT molecular complexity index is 1260. The summed E-state index contributed by atoms with van der Waals surface area (Å²) >= 11 is 6.35. The maximum absolute atomic E-state index is 13.8. The maximum Gasteiger partial charge on any atom is 0.250 e. The molecule has 2 saturated heterocycles. The highest BCUT2D eigenvalue weighted by molar-refractivity contribution is 6.31. The smallest absolute Gasteiger partial charge is 0.250 e. The number of aryl methyl sites for hydroxylation is 1. The minimum atomic E-state index is -1.47. The number of methoxy groups -OCH3 is 1. The summed E-state index contributed by atoms with van der Waals surface area (Å²) < 4.78 is 5.18. The number of nitrogens with one attached hydrogen (secondary N) is 2. The Hall–Kier alpha value is -3.43. The van der Waals surface area contributed by atoms with Gasteiger partial charge in [-0.25, -0.2) is 0 Å². The molecule has 4 atom stereocenters.